The highest BCUT2D eigenvalue weighted by molar-refractivity contribution is 7.99. The number of benzene rings is 2. The number of carbonyl (C=O) groups excluding carboxylic acids is 1. The first-order valence-electron chi connectivity index (χ1n) is 8.24. The summed E-state index contributed by atoms with van der Waals surface area (Å²) in [6.45, 7) is 2.03. The quantitative estimate of drug-likeness (QED) is 0.652. The highest BCUT2D eigenvalue weighted by atomic mass is 32.2. The molecule has 1 aromatic heterocycles. The highest BCUT2D eigenvalue weighted by Gasteiger charge is 2.30. The van der Waals surface area contributed by atoms with Gasteiger partial charge in [-0.15, -0.1) is 10.2 Å². The first kappa shape index (κ1) is 16.8. The lowest BCUT2D eigenvalue weighted by Crippen LogP contribution is -2.36. The van der Waals surface area contributed by atoms with Gasteiger partial charge in [-0.25, -0.2) is 4.39 Å². The highest BCUT2D eigenvalue weighted by Crippen LogP contribution is 2.33. The van der Waals surface area contributed by atoms with Crippen LogP contribution < -0.4 is 4.90 Å². The second kappa shape index (κ2) is 6.92. The summed E-state index contributed by atoms with van der Waals surface area (Å²) in [5.41, 5.74) is 2.39. The lowest BCUT2D eigenvalue weighted by molar-refractivity contribution is -0.116. The molecule has 0 aliphatic carbocycles. The molecular formula is C19H16FN3O2S. The third kappa shape index (κ3) is 3.10. The summed E-state index contributed by atoms with van der Waals surface area (Å²) in [7, 11) is 0. The Hall–Kier alpha value is -2.67. The van der Waals surface area contributed by atoms with Gasteiger partial charge in [0.25, 0.3) is 11.1 Å². The van der Waals surface area contributed by atoms with E-state index in [0.29, 0.717) is 0 Å². The minimum Gasteiger partial charge on any atom is -0.411 e. The summed E-state index contributed by atoms with van der Waals surface area (Å²) in [5.74, 6) is -0.153. The van der Waals surface area contributed by atoms with Crippen LogP contribution in [0.2, 0.25) is 0 Å². The van der Waals surface area contributed by atoms with Gasteiger partial charge < -0.3 is 9.32 Å². The molecule has 2 heterocycles. The van der Waals surface area contributed by atoms with Crippen LogP contribution in [0.4, 0.5) is 10.1 Å². The second-order valence-corrected chi connectivity index (χ2v) is 7.01. The zero-order valence-electron chi connectivity index (χ0n) is 14.1. The monoisotopic (exact) mass is 369 g/mol. The van der Waals surface area contributed by atoms with Crippen molar-refractivity contribution in [3.63, 3.8) is 0 Å². The minimum absolute atomic E-state index is 0.0157. The standard InChI is InChI=1S/C19H16FN3O2S/c1-12-10-13-6-2-5-9-16(13)23(12)17(24)11-26-19-22-21-18(25-19)14-7-3-4-8-15(14)20/h2-9,12H,10-11H2,1H3/t12-/m1/s1. The van der Waals surface area contributed by atoms with Gasteiger partial charge in [-0.2, -0.15) is 0 Å². The smallest absolute Gasteiger partial charge is 0.277 e. The molecular weight excluding hydrogens is 353 g/mol. The molecule has 1 aliphatic heterocycles. The molecule has 1 amide bonds. The Kier molecular flexibility index (Phi) is 4.46. The largest absolute Gasteiger partial charge is 0.411 e. The van der Waals surface area contributed by atoms with Crippen LogP contribution in [0, 0.1) is 5.82 Å². The van der Waals surface area contributed by atoms with Crippen LogP contribution in [-0.2, 0) is 11.2 Å². The van der Waals surface area contributed by atoms with Crippen LogP contribution in [0.15, 0.2) is 58.2 Å². The molecule has 0 N–H and O–H groups in total. The number of carbonyl (C=O) groups is 1. The Balaban J connectivity index is 1.45. The fourth-order valence-corrected chi connectivity index (χ4v) is 3.77. The maximum atomic E-state index is 13.8. The van der Waals surface area contributed by atoms with Crippen LogP contribution in [0.5, 0.6) is 0 Å². The number of para-hydroxylation sites is 1. The van der Waals surface area contributed by atoms with E-state index in [1.165, 1.54) is 11.6 Å². The SMILES string of the molecule is C[C@@H]1Cc2ccccc2N1C(=O)CSc1nnc(-c2ccccc2F)o1. The Morgan fingerprint density at radius 2 is 2.00 bits per heavy atom. The lowest BCUT2D eigenvalue weighted by atomic mass is 10.1. The molecule has 0 saturated carbocycles. The van der Waals surface area contributed by atoms with Gasteiger partial charge >= 0.3 is 0 Å². The van der Waals surface area contributed by atoms with Crippen molar-refractivity contribution in [1.82, 2.24) is 10.2 Å². The topological polar surface area (TPSA) is 59.2 Å². The zero-order valence-corrected chi connectivity index (χ0v) is 14.9. The number of rotatable bonds is 4. The van der Waals surface area contributed by atoms with Crippen LogP contribution >= 0.6 is 11.8 Å². The Morgan fingerprint density at radius 1 is 1.23 bits per heavy atom. The Bertz CT molecular complexity index is 959. The van der Waals surface area contributed by atoms with Gasteiger partial charge in [-0.05, 0) is 37.1 Å². The van der Waals surface area contributed by atoms with E-state index in [9.17, 15) is 9.18 Å². The normalized spacial score (nSPS) is 15.9. The number of thioether (sulfide) groups is 1. The third-order valence-corrected chi connectivity index (χ3v) is 5.11. The average Bonchev–Trinajstić information content (AvgIpc) is 3.23. The molecule has 7 heteroatoms. The number of hydrogen-bond donors (Lipinski definition) is 0. The third-order valence-electron chi connectivity index (χ3n) is 4.31. The van der Waals surface area contributed by atoms with Crippen molar-refractivity contribution in [1.29, 1.82) is 0 Å². The van der Waals surface area contributed by atoms with Crippen molar-refractivity contribution in [2.24, 2.45) is 0 Å². The average molecular weight is 369 g/mol. The predicted octanol–water partition coefficient (Wildman–Crippen LogP) is 3.95. The number of fused-ring (bicyclic) bond motifs is 1. The van der Waals surface area contributed by atoms with Crippen LogP contribution in [0.25, 0.3) is 11.5 Å². The van der Waals surface area contributed by atoms with Crippen molar-refractivity contribution in [2.75, 3.05) is 10.7 Å². The van der Waals surface area contributed by atoms with Crippen molar-refractivity contribution >= 4 is 23.4 Å². The fourth-order valence-electron chi connectivity index (χ4n) is 3.15. The van der Waals surface area contributed by atoms with E-state index in [4.69, 9.17) is 4.42 Å². The minimum atomic E-state index is -0.425. The van der Waals surface area contributed by atoms with E-state index in [2.05, 4.69) is 10.2 Å². The maximum absolute atomic E-state index is 13.8. The van der Waals surface area contributed by atoms with Crippen molar-refractivity contribution in [3.05, 3.63) is 59.9 Å². The van der Waals surface area contributed by atoms with Crippen molar-refractivity contribution < 1.29 is 13.6 Å². The molecule has 2 aromatic carbocycles. The van der Waals surface area contributed by atoms with Crippen LogP contribution in [0.3, 0.4) is 0 Å². The molecule has 26 heavy (non-hydrogen) atoms. The second-order valence-electron chi connectivity index (χ2n) is 6.09. The van der Waals surface area contributed by atoms with Crippen molar-refractivity contribution in [3.8, 4) is 11.5 Å². The summed E-state index contributed by atoms with van der Waals surface area (Å²) in [4.78, 5) is 14.5. The zero-order chi connectivity index (χ0) is 18.1. The molecule has 1 atom stereocenters. The van der Waals surface area contributed by atoms with Gasteiger partial charge in [0, 0.05) is 11.7 Å². The maximum Gasteiger partial charge on any atom is 0.277 e. The summed E-state index contributed by atoms with van der Waals surface area (Å²) in [6, 6.07) is 14.3. The first-order valence-corrected chi connectivity index (χ1v) is 9.23. The number of amides is 1. The number of anilines is 1. The van der Waals surface area contributed by atoms with Gasteiger partial charge in [0.1, 0.15) is 5.82 Å². The Labute approximate surface area is 154 Å². The van der Waals surface area contributed by atoms with Crippen molar-refractivity contribution in [2.45, 2.75) is 24.6 Å². The lowest BCUT2D eigenvalue weighted by Gasteiger charge is -2.22. The van der Waals surface area contributed by atoms with E-state index >= 15 is 0 Å². The van der Waals surface area contributed by atoms with Gasteiger partial charge in [0.15, 0.2) is 0 Å². The fraction of sp³-hybridized carbons (Fsp3) is 0.211. The summed E-state index contributed by atoms with van der Waals surface area (Å²) >= 11 is 1.16. The van der Waals surface area contributed by atoms with E-state index in [1.807, 2.05) is 36.1 Å². The van der Waals surface area contributed by atoms with Crippen LogP contribution in [0.1, 0.15) is 12.5 Å². The van der Waals surface area contributed by atoms with Gasteiger partial charge in [0.05, 0.1) is 11.3 Å². The van der Waals surface area contributed by atoms with E-state index in [0.717, 1.165) is 23.9 Å². The van der Waals surface area contributed by atoms with Crippen LogP contribution in [-0.4, -0.2) is 27.9 Å². The number of nitrogens with zero attached hydrogens (tertiary/aromatic N) is 3. The molecule has 3 aromatic rings. The molecule has 0 bridgehead atoms. The van der Waals surface area contributed by atoms with E-state index in [-0.39, 0.29) is 34.4 Å². The summed E-state index contributed by atoms with van der Waals surface area (Å²) < 4.78 is 19.3. The van der Waals surface area contributed by atoms with Gasteiger partial charge in [0.2, 0.25) is 5.91 Å². The first-order chi connectivity index (χ1) is 12.6. The summed E-state index contributed by atoms with van der Waals surface area (Å²) in [5, 5.41) is 8.02. The van der Waals surface area contributed by atoms with E-state index in [1.54, 1.807) is 18.2 Å². The molecule has 0 radical (unpaired) electrons. The van der Waals surface area contributed by atoms with E-state index < -0.39 is 5.82 Å². The number of hydrogen-bond acceptors (Lipinski definition) is 5. The molecule has 0 fully saturated rings. The molecule has 0 spiro atoms. The molecule has 0 saturated heterocycles. The Morgan fingerprint density at radius 3 is 2.85 bits per heavy atom. The molecule has 0 unspecified atom stereocenters. The number of halogens is 1. The predicted molar refractivity (Wildman–Crippen MR) is 97.5 cm³/mol. The molecule has 132 valence electrons. The molecule has 5 nitrogen and oxygen atoms in total. The number of aromatic nitrogens is 2. The van der Waals surface area contributed by atoms with Gasteiger partial charge in [-0.1, -0.05) is 42.1 Å². The van der Waals surface area contributed by atoms with Gasteiger partial charge in [-0.3, -0.25) is 4.79 Å². The summed E-state index contributed by atoms with van der Waals surface area (Å²) in [6.07, 6.45) is 0.852. The molecule has 4 rings (SSSR count). The molecule has 1 aliphatic rings.